The lowest BCUT2D eigenvalue weighted by atomic mass is 10.1. The summed E-state index contributed by atoms with van der Waals surface area (Å²) in [5, 5.41) is 0.697. The van der Waals surface area contributed by atoms with E-state index >= 15 is 0 Å². The van der Waals surface area contributed by atoms with Gasteiger partial charge in [0.2, 0.25) is 0 Å². The first-order chi connectivity index (χ1) is 9.20. The van der Waals surface area contributed by atoms with E-state index in [9.17, 15) is 0 Å². The van der Waals surface area contributed by atoms with E-state index in [4.69, 9.17) is 27.9 Å². The molecule has 2 unspecified atom stereocenters. The first-order valence-corrected chi connectivity index (χ1v) is 7.46. The predicted molar refractivity (Wildman–Crippen MR) is 78.0 cm³/mol. The molecule has 2 atom stereocenters. The molecule has 0 radical (unpaired) electrons. The molecule has 2 aromatic rings. The summed E-state index contributed by atoms with van der Waals surface area (Å²) in [6.45, 7) is 3.02. The zero-order valence-corrected chi connectivity index (χ0v) is 12.3. The molecule has 0 bridgehead atoms. The Morgan fingerprint density at radius 2 is 2.37 bits per heavy atom. The van der Waals surface area contributed by atoms with Crippen LogP contribution in [-0.4, -0.2) is 22.3 Å². The Labute approximate surface area is 122 Å². The number of fused-ring (bicyclic) bond motifs is 1. The molecule has 2 heterocycles. The fourth-order valence-electron chi connectivity index (χ4n) is 2.82. The number of aromatic nitrogens is 2. The van der Waals surface area contributed by atoms with Crippen LogP contribution in [0.25, 0.3) is 11.0 Å². The third-order valence-corrected chi connectivity index (χ3v) is 4.23. The Morgan fingerprint density at radius 3 is 3.05 bits per heavy atom. The van der Waals surface area contributed by atoms with Gasteiger partial charge in [-0.25, -0.2) is 4.98 Å². The Balaban J connectivity index is 2.09. The lowest BCUT2D eigenvalue weighted by Crippen LogP contribution is -2.22. The Hall–Kier alpha value is -0.770. The number of nitrogens with zero attached hydrogens (tertiary/aromatic N) is 2. The molecule has 1 aliphatic rings. The van der Waals surface area contributed by atoms with Crippen molar-refractivity contribution >= 4 is 34.2 Å². The Bertz CT molecular complexity index is 590. The maximum atomic E-state index is 6.04. The lowest BCUT2D eigenvalue weighted by molar-refractivity contribution is 0.0738. The average Bonchev–Trinajstić information content (AvgIpc) is 3.04. The third kappa shape index (κ3) is 2.35. The van der Waals surface area contributed by atoms with Gasteiger partial charge in [-0.05, 0) is 38.0 Å². The molecule has 1 aromatic carbocycles. The molecule has 3 nitrogen and oxygen atoms in total. The summed E-state index contributed by atoms with van der Waals surface area (Å²) in [5.74, 6) is 1.27. The van der Waals surface area contributed by atoms with Gasteiger partial charge in [-0.2, -0.15) is 0 Å². The molecular formula is C14H16Cl2N2O. The van der Waals surface area contributed by atoms with Crippen LogP contribution in [0.15, 0.2) is 18.2 Å². The Kier molecular flexibility index (Phi) is 3.70. The normalized spacial score (nSPS) is 21.1. The van der Waals surface area contributed by atoms with E-state index in [0.29, 0.717) is 10.9 Å². The zero-order chi connectivity index (χ0) is 13.4. The van der Waals surface area contributed by atoms with Gasteiger partial charge in [-0.1, -0.05) is 11.6 Å². The number of halogens is 2. The molecular weight excluding hydrogens is 283 g/mol. The van der Waals surface area contributed by atoms with E-state index in [0.717, 1.165) is 36.3 Å². The second kappa shape index (κ2) is 5.31. The van der Waals surface area contributed by atoms with Crippen molar-refractivity contribution in [3.05, 3.63) is 29.0 Å². The van der Waals surface area contributed by atoms with Crippen molar-refractivity contribution in [2.24, 2.45) is 0 Å². The summed E-state index contributed by atoms with van der Waals surface area (Å²) >= 11 is 12.1. The predicted octanol–water partition coefficient (Wildman–Crippen LogP) is 4.17. The minimum atomic E-state index is 0.238. The van der Waals surface area contributed by atoms with Crippen LogP contribution >= 0.6 is 23.2 Å². The first-order valence-electron chi connectivity index (χ1n) is 6.54. The number of hydrogen-bond acceptors (Lipinski definition) is 2. The van der Waals surface area contributed by atoms with Crippen LogP contribution in [-0.2, 0) is 10.6 Å². The molecule has 3 rings (SSSR count). The number of ether oxygens (including phenoxy) is 1. The maximum Gasteiger partial charge on any atom is 0.125 e. The van der Waals surface area contributed by atoms with Crippen LogP contribution in [0.3, 0.4) is 0 Å². The van der Waals surface area contributed by atoms with Crippen molar-refractivity contribution in [3.63, 3.8) is 0 Å². The van der Waals surface area contributed by atoms with Crippen molar-refractivity contribution in [3.8, 4) is 0 Å². The highest BCUT2D eigenvalue weighted by Gasteiger charge is 2.26. The van der Waals surface area contributed by atoms with E-state index in [1.54, 1.807) is 0 Å². The van der Waals surface area contributed by atoms with Crippen molar-refractivity contribution < 1.29 is 4.74 Å². The molecule has 102 valence electrons. The van der Waals surface area contributed by atoms with Crippen LogP contribution < -0.4 is 0 Å². The van der Waals surface area contributed by atoms with Gasteiger partial charge in [0.1, 0.15) is 5.82 Å². The molecule has 5 heteroatoms. The van der Waals surface area contributed by atoms with E-state index in [2.05, 4.69) is 16.5 Å². The summed E-state index contributed by atoms with van der Waals surface area (Å²) < 4.78 is 7.98. The fraction of sp³-hybridized carbons (Fsp3) is 0.500. The highest BCUT2D eigenvalue weighted by molar-refractivity contribution is 6.31. The summed E-state index contributed by atoms with van der Waals surface area (Å²) in [6, 6.07) is 6.02. The molecule has 0 saturated carbocycles. The highest BCUT2D eigenvalue weighted by Crippen LogP contribution is 2.30. The van der Waals surface area contributed by atoms with Gasteiger partial charge < -0.3 is 9.30 Å². The SMILES string of the molecule is CC(C1CCCO1)n1c(CCl)nc2cc(Cl)ccc21. The van der Waals surface area contributed by atoms with Crippen molar-refractivity contribution in [2.75, 3.05) is 6.61 Å². The molecule has 0 amide bonds. The highest BCUT2D eigenvalue weighted by atomic mass is 35.5. The number of imidazole rings is 1. The van der Waals surface area contributed by atoms with Crippen LogP contribution in [0.2, 0.25) is 5.02 Å². The largest absolute Gasteiger partial charge is 0.376 e. The monoisotopic (exact) mass is 298 g/mol. The standard InChI is InChI=1S/C14H16Cl2N2O/c1-9(13-3-2-6-19-13)18-12-5-4-10(16)7-11(12)17-14(18)8-15/h4-5,7,9,13H,2-3,6,8H2,1H3. The van der Waals surface area contributed by atoms with Crippen LogP contribution in [0.1, 0.15) is 31.6 Å². The van der Waals surface area contributed by atoms with Crippen molar-refractivity contribution in [1.82, 2.24) is 9.55 Å². The molecule has 1 saturated heterocycles. The lowest BCUT2D eigenvalue weighted by Gasteiger charge is -2.22. The maximum absolute atomic E-state index is 6.04. The number of benzene rings is 1. The molecule has 0 aliphatic carbocycles. The molecule has 1 aromatic heterocycles. The van der Waals surface area contributed by atoms with E-state index in [1.165, 1.54) is 0 Å². The molecule has 0 N–H and O–H groups in total. The van der Waals surface area contributed by atoms with Gasteiger partial charge in [0.05, 0.1) is 29.1 Å². The molecule has 0 spiro atoms. The first kappa shape index (κ1) is 13.2. The number of alkyl halides is 1. The molecule has 1 aliphatic heterocycles. The smallest absolute Gasteiger partial charge is 0.125 e. The number of rotatable bonds is 3. The van der Waals surface area contributed by atoms with E-state index < -0.39 is 0 Å². The summed E-state index contributed by atoms with van der Waals surface area (Å²) in [4.78, 5) is 4.58. The second-order valence-electron chi connectivity index (χ2n) is 4.96. The minimum Gasteiger partial charge on any atom is -0.376 e. The van der Waals surface area contributed by atoms with E-state index in [1.807, 2.05) is 18.2 Å². The van der Waals surface area contributed by atoms with Crippen molar-refractivity contribution in [2.45, 2.75) is 37.8 Å². The summed E-state index contributed by atoms with van der Waals surface area (Å²) in [7, 11) is 0. The van der Waals surface area contributed by atoms with Crippen molar-refractivity contribution in [1.29, 1.82) is 0 Å². The van der Waals surface area contributed by atoms with Gasteiger partial charge in [0.15, 0.2) is 0 Å². The van der Waals surface area contributed by atoms with Gasteiger partial charge in [-0.3, -0.25) is 0 Å². The second-order valence-corrected chi connectivity index (χ2v) is 5.66. The molecule has 19 heavy (non-hydrogen) atoms. The van der Waals surface area contributed by atoms with Crippen LogP contribution in [0, 0.1) is 0 Å². The van der Waals surface area contributed by atoms with Gasteiger partial charge in [0, 0.05) is 11.6 Å². The number of hydrogen-bond donors (Lipinski definition) is 0. The zero-order valence-electron chi connectivity index (χ0n) is 10.8. The van der Waals surface area contributed by atoms with Crippen LogP contribution in [0.4, 0.5) is 0 Å². The van der Waals surface area contributed by atoms with Gasteiger partial charge in [-0.15, -0.1) is 11.6 Å². The Morgan fingerprint density at radius 1 is 1.53 bits per heavy atom. The topological polar surface area (TPSA) is 27.1 Å². The van der Waals surface area contributed by atoms with Gasteiger partial charge >= 0.3 is 0 Å². The van der Waals surface area contributed by atoms with Gasteiger partial charge in [0.25, 0.3) is 0 Å². The van der Waals surface area contributed by atoms with Crippen LogP contribution in [0.5, 0.6) is 0 Å². The summed E-state index contributed by atoms with van der Waals surface area (Å²) in [6.07, 6.45) is 2.47. The third-order valence-electron chi connectivity index (χ3n) is 3.75. The summed E-state index contributed by atoms with van der Waals surface area (Å²) in [5.41, 5.74) is 1.97. The minimum absolute atomic E-state index is 0.238. The quantitative estimate of drug-likeness (QED) is 0.795. The van der Waals surface area contributed by atoms with E-state index in [-0.39, 0.29) is 12.1 Å². The molecule has 1 fully saturated rings. The average molecular weight is 299 g/mol. The fourth-order valence-corrected chi connectivity index (χ4v) is 3.17.